The first-order valence-corrected chi connectivity index (χ1v) is 10.3. The summed E-state index contributed by atoms with van der Waals surface area (Å²) < 4.78 is 0. The highest BCUT2D eigenvalue weighted by atomic mass is 35.5. The van der Waals surface area contributed by atoms with Crippen LogP contribution in [-0.2, 0) is 4.84 Å². The fourth-order valence-corrected chi connectivity index (χ4v) is 3.92. The first-order chi connectivity index (χ1) is 13.1. The van der Waals surface area contributed by atoms with Crippen LogP contribution in [0.25, 0.3) is 21.7 Å². The van der Waals surface area contributed by atoms with Crippen LogP contribution in [0.15, 0.2) is 42.5 Å². The van der Waals surface area contributed by atoms with Crippen LogP contribution in [0.5, 0.6) is 0 Å². The van der Waals surface area contributed by atoms with Gasteiger partial charge in [0, 0.05) is 15.6 Å². The molecule has 3 aromatic rings. The van der Waals surface area contributed by atoms with E-state index in [0.717, 1.165) is 10.4 Å². The van der Waals surface area contributed by atoms with E-state index in [0.29, 0.717) is 26.3 Å². The molecule has 2 aromatic carbocycles. The maximum atomic E-state index is 12.5. The molecule has 0 aliphatic rings. The minimum absolute atomic E-state index is 0.259. The third-order valence-corrected chi connectivity index (χ3v) is 5.47. The van der Waals surface area contributed by atoms with Gasteiger partial charge in [0.05, 0.1) is 21.2 Å². The molecule has 1 N–H and O–H groups in total. The highest BCUT2D eigenvalue weighted by molar-refractivity contribution is 7.17. The van der Waals surface area contributed by atoms with Gasteiger partial charge in [-0.1, -0.05) is 46.9 Å². The van der Waals surface area contributed by atoms with Crippen LogP contribution in [0, 0.1) is 0 Å². The molecule has 0 aliphatic heterocycles. The Labute approximate surface area is 182 Å². The number of thiazole rings is 1. The number of hydrogen-bond donors (Lipinski definition) is 1. The van der Waals surface area contributed by atoms with Gasteiger partial charge in [-0.25, -0.2) is 10.5 Å². The molecule has 0 fully saturated rings. The second-order valence-electron chi connectivity index (χ2n) is 6.97. The Kier molecular flexibility index (Phi) is 6.32. The lowest BCUT2D eigenvalue weighted by molar-refractivity contribution is -0.0589. The number of nitrogens with zero attached hydrogens (tertiary/aromatic N) is 1. The van der Waals surface area contributed by atoms with E-state index in [9.17, 15) is 4.79 Å². The number of carbonyl (C=O) groups is 1. The molecule has 0 spiro atoms. The van der Waals surface area contributed by atoms with Crippen molar-refractivity contribution < 1.29 is 9.63 Å². The maximum Gasteiger partial charge on any atom is 0.303 e. The summed E-state index contributed by atoms with van der Waals surface area (Å²) in [6, 6.07) is 12.5. The van der Waals surface area contributed by atoms with Crippen LogP contribution in [-0.4, -0.2) is 16.5 Å². The van der Waals surface area contributed by atoms with E-state index >= 15 is 0 Å². The first-order valence-electron chi connectivity index (χ1n) is 8.34. The predicted octanol–water partition coefficient (Wildman–Crippen LogP) is 6.90. The zero-order valence-electron chi connectivity index (χ0n) is 15.3. The predicted molar refractivity (Wildman–Crippen MR) is 116 cm³/mol. The summed E-state index contributed by atoms with van der Waals surface area (Å²) in [7, 11) is 0. The van der Waals surface area contributed by atoms with Crippen molar-refractivity contribution in [1.29, 1.82) is 0 Å². The van der Waals surface area contributed by atoms with Crippen molar-refractivity contribution in [1.82, 2.24) is 10.5 Å². The summed E-state index contributed by atoms with van der Waals surface area (Å²) in [5.74, 6) is -0.425. The fourth-order valence-electron chi connectivity index (χ4n) is 2.32. The summed E-state index contributed by atoms with van der Waals surface area (Å²) >= 11 is 19.7. The number of nitrogens with one attached hydrogen (secondary N) is 1. The second-order valence-corrected chi connectivity index (χ2v) is 9.25. The van der Waals surface area contributed by atoms with Crippen molar-refractivity contribution in [3.05, 3.63) is 62.5 Å². The SMILES string of the molecule is CC(C)(C)ONC(=O)c1nc(-c2ccc(Cl)cc2Cl)c(-c2ccc(Cl)cc2)s1. The molecule has 0 bridgehead atoms. The van der Waals surface area contributed by atoms with Crippen molar-refractivity contribution >= 4 is 52.0 Å². The number of benzene rings is 2. The van der Waals surface area contributed by atoms with Crippen LogP contribution in [0.2, 0.25) is 15.1 Å². The summed E-state index contributed by atoms with van der Waals surface area (Å²) in [5, 5.41) is 1.85. The van der Waals surface area contributed by atoms with Crippen LogP contribution >= 0.6 is 46.1 Å². The molecule has 0 aliphatic carbocycles. The molecular formula is C20H17Cl3N2O2S. The third kappa shape index (κ3) is 5.04. The summed E-state index contributed by atoms with van der Waals surface area (Å²) in [4.78, 5) is 23.2. The van der Waals surface area contributed by atoms with Gasteiger partial charge in [0.15, 0.2) is 5.01 Å². The van der Waals surface area contributed by atoms with Crippen LogP contribution < -0.4 is 5.48 Å². The van der Waals surface area contributed by atoms with Gasteiger partial charge in [0.25, 0.3) is 0 Å². The highest BCUT2D eigenvalue weighted by Gasteiger charge is 2.22. The van der Waals surface area contributed by atoms with Crippen molar-refractivity contribution in [2.45, 2.75) is 26.4 Å². The Morgan fingerprint density at radius 2 is 1.68 bits per heavy atom. The van der Waals surface area contributed by atoms with E-state index in [2.05, 4.69) is 10.5 Å². The monoisotopic (exact) mass is 454 g/mol. The lowest BCUT2D eigenvalue weighted by Crippen LogP contribution is -2.33. The number of hydroxylamine groups is 1. The Bertz CT molecular complexity index is 1010. The zero-order chi connectivity index (χ0) is 20.5. The van der Waals surface area contributed by atoms with E-state index < -0.39 is 11.5 Å². The first kappa shape index (κ1) is 21.1. The average Bonchev–Trinajstić information content (AvgIpc) is 3.05. The number of amides is 1. The third-order valence-electron chi connectivity index (χ3n) is 3.56. The summed E-state index contributed by atoms with van der Waals surface area (Å²) in [6.45, 7) is 5.52. The van der Waals surface area contributed by atoms with Gasteiger partial charge in [-0.15, -0.1) is 11.3 Å². The molecule has 0 radical (unpaired) electrons. The Morgan fingerprint density at radius 3 is 2.29 bits per heavy atom. The largest absolute Gasteiger partial charge is 0.303 e. The zero-order valence-corrected chi connectivity index (χ0v) is 18.4. The van der Waals surface area contributed by atoms with Gasteiger partial charge in [0.1, 0.15) is 0 Å². The standard InChI is InChI=1S/C20H17Cl3N2O2S/c1-20(2,3)27-25-18(26)19-24-16(14-9-8-13(22)10-15(14)23)17(28-19)11-4-6-12(21)7-5-11/h4-10H,1-3H3,(H,25,26). The van der Waals surface area contributed by atoms with Crippen LogP contribution in [0.1, 0.15) is 30.6 Å². The van der Waals surface area contributed by atoms with Gasteiger partial charge >= 0.3 is 5.91 Å². The van der Waals surface area contributed by atoms with Crippen LogP contribution in [0.4, 0.5) is 0 Å². The molecular weight excluding hydrogens is 439 g/mol. The van der Waals surface area contributed by atoms with Gasteiger partial charge in [-0.2, -0.15) is 0 Å². The molecule has 146 valence electrons. The minimum atomic E-state index is -0.520. The number of aromatic nitrogens is 1. The summed E-state index contributed by atoms with van der Waals surface area (Å²) in [5.41, 5.74) is 4.08. The number of carbonyl (C=O) groups excluding carboxylic acids is 1. The normalized spacial score (nSPS) is 11.5. The number of hydrogen-bond acceptors (Lipinski definition) is 4. The van der Waals surface area contributed by atoms with E-state index in [1.165, 1.54) is 11.3 Å². The van der Waals surface area contributed by atoms with Gasteiger partial charge in [0.2, 0.25) is 0 Å². The molecule has 4 nitrogen and oxygen atoms in total. The molecule has 28 heavy (non-hydrogen) atoms. The molecule has 1 amide bonds. The fraction of sp³-hybridized carbons (Fsp3) is 0.200. The topological polar surface area (TPSA) is 51.2 Å². The Hall–Kier alpha value is -1.63. The Balaban J connectivity index is 2.07. The molecule has 1 aromatic heterocycles. The quantitative estimate of drug-likeness (QED) is 0.435. The minimum Gasteiger partial charge on any atom is -0.268 e. The molecule has 0 unspecified atom stereocenters. The van der Waals surface area contributed by atoms with E-state index in [1.54, 1.807) is 30.3 Å². The van der Waals surface area contributed by atoms with Gasteiger partial charge < -0.3 is 0 Å². The smallest absolute Gasteiger partial charge is 0.268 e. The molecule has 0 saturated carbocycles. The van der Waals surface area contributed by atoms with E-state index in [1.807, 2.05) is 32.9 Å². The number of halogens is 3. The van der Waals surface area contributed by atoms with Crippen molar-refractivity contribution in [2.24, 2.45) is 0 Å². The van der Waals surface area contributed by atoms with Gasteiger partial charge in [-0.3, -0.25) is 9.63 Å². The Morgan fingerprint density at radius 1 is 1.04 bits per heavy atom. The van der Waals surface area contributed by atoms with E-state index in [4.69, 9.17) is 39.6 Å². The highest BCUT2D eigenvalue weighted by Crippen LogP contribution is 2.40. The second kappa shape index (κ2) is 8.39. The maximum absolute atomic E-state index is 12.5. The van der Waals surface area contributed by atoms with Crippen molar-refractivity contribution in [2.75, 3.05) is 0 Å². The molecule has 0 atom stereocenters. The lowest BCUT2D eigenvalue weighted by atomic mass is 10.1. The van der Waals surface area contributed by atoms with Crippen molar-refractivity contribution in [3.63, 3.8) is 0 Å². The summed E-state index contributed by atoms with van der Waals surface area (Å²) in [6.07, 6.45) is 0. The van der Waals surface area contributed by atoms with Gasteiger partial charge in [-0.05, 0) is 56.7 Å². The lowest BCUT2D eigenvalue weighted by Gasteiger charge is -2.18. The van der Waals surface area contributed by atoms with Crippen LogP contribution in [0.3, 0.4) is 0 Å². The molecule has 3 rings (SSSR count). The molecule has 8 heteroatoms. The van der Waals surface area contributed by atoms with Crippen molar-refractivity contribution in [3.8, 4) is 21.7 Å². The molecule has 0 saturated heterocycles. The molecule has 1 heterocycles. The van der Waals surface area contributed by atoms with E-state index in [-0.39, 0.29) is 5.01 Å². The number of rotatable bonds is 4. The average molecular weight is 456 g/mol.